The van der Waals surface area contributed by atoms with Crippen LogP contribution in [0.25, 0.3) is 0 Å². The van der Waals surface area contributed by atoms with Gasteiger partial charge in [0.2, 0.25) is 0 Å². The average Bonchev–Trinajstić information content (AvgIpc) is 2.09. The van der Waals surface area contributed by atoms with Crippen LogP contribution in [0.3, 0.4) is 0 Å². The molecule has 0 amide bonds. The quantitative estimate of drug-likeness (QED) is 0.743. The molecule has 92 valence electrons. The van der Waals surface area contributed by atoms with Gasteiger partial charge in [0, 0.05) is 25.7 Å². The molecule has 0 aromatic rings. The number of nitrogens with zero attached hydrogens (tertiary/aromatic N) is 1. The molecular weight excluding hydrogens is 238 g/mol. The molecule has 1 heterocycles. The highest BCUT2D eigenvalue weighted by molar-refractivity contribution is 7.87. The highest BCUT2D eigenvalue weighted by Crippen LogP contribution is 2.16. The lowest BCUT2D eigenvalue weighted by Gasteiger charge is -2.33. The Balaban J connectivity index is 0.00000196. The van der Waals surface area contributed by atoms with E-state index in [9.17, 15) is 8.42 Å². The Morgan fingerprint density at radius 3 is 2.60 bits per heavy atom. The number of halogens is 1. The molecule has 5 nitrogen and oxygen atoms in total. The van der Waals surface area contributed by atoms with E-state index in [0.717, 1.165) is 6.42 Å². The summed E-state index contributed by atoms with van der Waals surface area (Å²) < 4.78 is 27.2. The maximum absolute atomic E-state index is 11.6. The van der Waals surface area contributed by atoms with Gasteiger partial charge in [0.05, 0.1) is 0 Å². The van der Waals surface area contributed by atoms with E-state index >= 15 is 0 Å². The van der Waals surface area contributed by atoms with Crippen molar-refractivity contribution in [2.75, 3.05) is 19.6 Å². The Labute approximate surface area is 98.0 Å². The van der Waals surface area contributed by atoms with Gasteiger partial charge in [0.25, 0.3) is 10.2 Å². The summed E-state index contributed by atoms with van der Waals surface area (Å²) in [4.78, 5) is 0. The molecule has 0 aromatic carbocycles. The molecule has 2 atom stereocenters. The summed E-state index contributed by atoms with van der Waals surface area (Å²) in [7, 11) is -3.26. The zero-order valence-electron chi connectivity index (χ0n) is 9.14. The van der Waals surface area contributed by atoms with Crippen molar-refractivity contribution in [3.63, 3.8) is 0 Å². The molecule has 1 rings (SSSR count). The van der Waals surface area contributed by atoms with Crippen LogP contribution in [0.5, 0.6) is 0 Å². The zero-order valence-corrected chi connectivity index (χ0v) is 10.8. The second-order valence-corrected chi connectivity index (χ2v) is 5.55. The summed E-state index contributed by atoms with van der Waals surface area (Å²) in [5, 5.41) is 0. The van der Waals surface area contributed by atoms with E-state index in [1.807, 2.05) is 6.92 Å². The first-order valence-electron chi connectivity index (χ1n) is 4.97. The molecule has 1 fully saturated rings. The van der Waals surface area contributed by atoms with Crippen molar-refractivity contribution in [2.24, 2.45) is 11.7 Å². The fraction of sp³-hybridized carbons (Fsp3) is 1.00. The normalized spacial score (nSPS) is 28.5. The third-order valence-electron chi connectivity index (χ3n) is 2.60. The van der Waals surface area contributed by atoms with Gasteiger partial charge in [-0.1, -0.05) is 13.8 Å². The molecule has 3 N–H and O–H groups in total. The summed E-state index contributed by atoms with van der Waals surface area (Å²) in [5.41, 5.74) is 5.82. The van der Waals surface area contributed by atoms with E-state index in [0.29, 0.717) is 19.6 Å². The van der Waals surface area contributed by atoms with E-state index < -0.39 is 10.2 Å². The first-order chi connectivity index (χ1) is 6.47. The van der Waals surface area contributed by atoms with Gasteiger partial charge >= 0.3 is 0 Å². The van der Waals surface area contributed by atoms with Gasteiger partial charge in [-0.25, -0.2) is 4.72 Å². The Morgan fingerprint density at radius 1 is 1.53 bits per heavy atom. The number of piperidine rings is 1. The van der Waals surface area contributed by atoms with Crippen molar-refractivity contribution < 1.29 is 8.42 Å². The van der Waals surface area contributed by atoms with Crippen LogP contribution >= 0.6 is 12.4 Å². The lowest BCUT2D eigenvalue weighted by Crippen LogP contribution is -2.51. The van der Waals surface area contributed by atoms with Gasteiger partial charge in [-0.3, -0.25) is 0 Å². The van der Waals surface area contributed by atoms with Crippen molar-refractivity contribution in [1.82, 2.24) is 9.03 Å². The molecule has 2 unspecified atom stereocenters. The van der Waals surface area contributed by atoms with Crippen molar-refractivity contribution >= 4 is 22.6 Å². The molecule has 0 radical (unpaired) electrons. The molecule has 7 heteroatoms. The molecule has 0 bridgehead atoms. The monoisotopic (exact) mass is 257 g/mol. The predicted molar refractivity (Wildman–Crippen MR) is 63.2 cm³/mol. The van der Waals surface area contributed by atoms with Crippen LogP contribution in [0.2, 0.25) is 0 Å². The van der Waals surface area contributed by atoms with Gasteiger partial charge in [0.15, 0.2) is 0 Å². The third kappa shape index (κ3) is 3.88. The first kappa shape index (κ1) is 15.1. The molecule has 15 heavy (non-hydrogen) atoms. The zero-order chi connectivity index (χ0) is 10.8. The minimum Gasteiger partial charge on any atom is -0.327 e. The lowest BCUT2D eigenvalue weighted by atomic mass is 9.96. The highest BCUT2D eigenvalue weighted by atomic mass is 35.5. The average molecular weight is 258 g/mol. The number of nitrogens with two attached hydrogens (primary N) is 1. The summed E-state index contributed by atoms with van der Waals surface area (Å²) in [6, 6.07) is 0.128. The van der Waals surface area contributed by atoms with Crippen molar-refractivity contribution in [3.05, 3.63) is 0 Å². The fourth-order valence-corrected chi connectivity index (χ4v) is 2.94. The summed E-state index contributed by atoms with van der Waals surface area (Å²) in [5.74, 6) is 0.234. The Hall–Kier alpha value is 0.120. The second kappa shape index (κ2) is 6.00. The van der Waals surface area contributed by atoms with Crippen LogP contribution in [-0.4, -0.2) is 38.4 Å². The van der Waals surface area contributed by atoms with Gasteiger partial charge < -0.3 is 5.73 Å². The molecule has 1 saturated heterocycles. The van der Waals surface area contributed by atoms with Crippen LogP contribution in [0.4, 0.5) is 0 Å². The van der Waals surface area contributed by atoms with Gasteiger partial charge in [-0.2, -0.15) is 12.7 Å². The topological polar surface area (TPSA) is 75.4 Å². The van der Waals surface area contributed by atoms with E-state index in [4.69, 9.17) is 5.73 Å². The Bertz CT molecular complexity index is 284. The molecule has 1 aliphatic rings. The lowest BCUT2D eigenvalue weighted by molar-refractivity contribution is 0.248. The molecule has 0 aliphatic carbocycles. The summed E-state index contributed by atoms with van der Waals surface area (Å²) in [6.07, 6.45) is 0.742. The number of hydrogen-bond acceptors (Lipinski definition) is 3. The molecule has 0 spiro atoms. The molecular formula is C8H20ClN3O2S. The van der Waals surface area contributed by atoms with Crippen LogP contribution in [-0.2, 0) is 10.2 Å². The van der Waals surface area contributed by atoms with Gasteiger partial charge in [-0.05, 0) is 12.3 Å². The fourth-order valence-electron chi connectivity index (χ4n) is 1.62. The minimum atomic E-state index is -3.26. The molecule has 0 aromatic heterocycles. The predicted octanol–water partition coefficient (Wildman–Crippen LogP) is -0.0684. The van der Waals surface area contributed by atoms with Crippen LogP contribution in [0, 0.1) is 5.92 Å². The van der Waals surface area contributed by atoms with E-state index in [1.54, 1.807) is 6.92 Å². The first-order valence-corrected chi connectivity index (χ1v) is 6.41. The smallest absolute Gasteiger partial charge is 0.279 e. The SMILES string of the molecule is CCNS(=O)(=O)N1CCC(N)C(C)C1.Cl. The van der Waals surface area contributed by atoms with Crippen molar-refractivity contribution in [3.8, 4) is 0 Å². The number of hydrogen-bond donors (Lipinski definition) is 2. The Kier molecular flexibility index (Phi) is 6.05. The third-order valence-corrected chi connectivity index (χ3v) is 4.27. The molecule has 1 aliphatic heterocycles. The largest absolute Gasteiger partial charge is 0.327 e. The van der Waals surface area contributed by atoms with Crippen LogP contribution in [0.1, 0.15) is 20.3 Å². The van der Waals surface area contributed by atoms with Crippen molar-refractivity contribution in [2.45, 2.75) is 26.3 Å². The summed E-state index contributed by atoms with van der Waals surface area (Å²) >= 11 is 0. The standard InChI is InChI=1S/C8H19N3O2S.ClH/c1-3-10-14(12,13)11-5-4-8(9)7(2)6-11;/h7-8,10H,3-6,9H2,1-2H3;1H. The van der Waals surface area contributed by atoms with E-state index in [-0.39, 0.29) is 24.4 Å². The maximum Gasteiger partial charge on any atom is 0.279 e. The van der Waals surface area contributed by atoms with Gasteiger partial charge in [0.1, 0.15) is 0 Å². The van der Waals surface area contributed by atoms with E-state index in [1.165, 1.54) is 4.31 Å². The van der Waals surface area contributed by atoms with Crippen LogP contribution in [0.15, 0.2) is 0 Å². The maximum atomic E-state index is 11.6. The second-order valence-electron chi connectivity index (χ2n) is 3.79. The van der Waals surface area contributed by atoms with Crippen molar-refractivity contribution in [1.29, 1.82) is 0 Å². The van der Waals surface area contributed by atoms with E-state index in [2.05, 4.69) is 4.72 Å². The van der Waals surface area contributed by atoms with Crippen LogP contribution < -0.4 is 10.5 Å². The highest BCUT2D eigenvalue weighted by Gasteiger charge is 2.30. The Morgan fingerprint density at radius 2 is 2.13 bits per heavy atom. The number of nitrogens with one attached hydrogen (secondary N) is 1. The minimum absolute atomic E-state index is 0. The van der Waals surface area contributed by atoms with Gasteiger partial charge in [-0.15, -0.1) is 12.4 Å². The molecule has 0 saturated carbocycles. The summed E-state index contributed by atoms with van der Waals surface area (Å²) in [6.45, 7) is 5.24. The number of rotatable bonds is 3.